The molecule has 11 rings (SSSR count). The summed E-state index contributed by atoms with van der Waals surface area (Å²) in [5.74, 6) is 1.93. The van der Waals surface area contributed by atoms with Crippen molar-refractivity contribution in [3.8, 4) is 45.3 Å². The molecular weight excluding hydrogens is 613 g/mol. The molecule has 0 N–H and O–H groups in total. The van der Waals surface area contributed by atoms with Crippen LogP contribution in [0.2, 0.25) is 0 Å². The predicted octanol–water partition coefficient (Wildman–Crippen LogP) is 11.6. The zero-order valence-electron chi connectivity index (χ0n) is 26.7. The number of hydrogen-bond donors (Lipinski definition) is 0. The Labute approximate surface area is 286 Å². The lowest BCUT2D eigenvalue weighted by molar-refractivity contribution is 0.669. The topological polar surface area (TPSA) is 56.2 Å². The van der Waals surface area contributed by atoms with Crippen LogP contribution in [0.3, 0.4) is 0 Å². The maximum atomic E-state index is 6.44. The van der Waals surface area contributed by atoms with E-state index in [1.54, 1.807) is 0 Å². The van der Waals surface area contributed by atoms with Crippen molar-refractivity contribution in [3.05, 3.63) is 158 Å². The first-order chi connectivity index (χ1) is 24.8. The van der Waals surface area contributed by atoms with Crippen molar-refractivity contribution in [1.29, 1.82) is 0 Å². The number of aromatic nitrogens is 4. The summed E-state index contributed by atoms with van der Waals surface area (Å²) in [7, 11) is 0. The number of hydrogen-bond acceptors (Lipinski definition) is 4. The zero-order valence-corrected chi connectivity index (χ0v) is 26.7. The molecule has 232 valence electrons. The van der Waals surface area contributed by atoms with Crippen molar-refractivity contribution in [3.63, 3.8) is 0 Å². The average Bonchev–Trinajstić information content (AvgIpc) is 3.70. The van der Waals surface area contributed by atoms with Gasteiger partial charge in [-0.2, -0.15) is 0 Å². The second kappa shape index (κ2) is 10.3. The fraction of sp³-hybridized carbons (Fsp3) is 0. The Balaban J connectivity index is 1.19. The van der Waals surface area contributed by atoms with Gasteiger partial charge in [0.05, 0.1) is 21.9 Å². The summed E-state index contributed by atoms with van der Waals surface area (Å²) in [6.45, 7) is 0. The van der Waals surface area contributed by atoms with Crippen LogP contribution in [0.1, 0.15) is 0 Å². The molecule has 0 atom stereocenters. The van der Waals surface area contributed by atoms with E-state index in [0.717, 1.165) is 55.3 Å². The smallest absolute Gasteiger partial charge is 0.164 e. The zero-order chi connectivity index (χ0) is 32.8. The molecule has 11 aromatic rings. The summed E-state index contributed by atoms with van der Waals surface area (Å²) < 4.78 is 8.87. The van der Waals surface area contributed by atoms with Gasteiger partial charge in [-0.05, 0) is 59.0 Å². The van der Waals surface area contributed by atoms with E-state index in [1.807, 2.05) is 60.7 Å². The highest BCUT2D eigenvalue weighted by Gasteiger charge is 2.21. The Hall–Kier alpha value is -6.85. The van der Waals surface area contributed by atoms with Crippen molar-refractivity contribution >= 4 is 60.0 Å². The highest BCUT2D eigenvalue weighted by atomic mass is 16.3. The number of nitrogens with zero attached hydrogens (tertiary/aromatic N) is 4. The Bertz CT molecular complexity index is 3030. The molecule has 0 saturated carbocycles. The van der Waals surface area contributed by atoms with Crippen LogP contribution in [-0.2, 0) is 0 Å². The minimum Gasteiger partial charge on any atom is -0.456 e. The van der Waals surface area contributed by atoms with Gasteiger partial charge in [-0.3, -0.25) is 0 Å². The Kier molecular flexibility index (Phi) is 5.60. The first kappa shape index (κ1) is 27.1. The summed E-state index contributed by atoms with van der Waals surface area (Å²) in [6, 6.07) is 55.0. The first-order valence-electron chi connectivity index (χ1n) is 16.8. The van der Waals surface area contributed by atoms with E-state index < -0.39 is 0 Å². The van der Waals surface area contributed by atoms with Crippen LogP contribution in [0.5, 0.6) is 0 Å². The number of fused-ring (bicyclic) bond motifs is 5. The van der Waals surface area contributed by atoms with Gasteiger partial charge in [0.1, 0.15) is 11.2 Å². The van der Waals surface area contributed by atoms with Gasteiger partial charge in [0, 0.05) is 38.2 Å². The molecular formula is C45H26N4O. The molecule has 0 saturated heterocycles. The van der Waals surface area contributed by atoms with Crippen molar-refractivity contribution in [2.75, 3.05) is 0 Å². The van der Waals surface area contributed by atoms with Gasteiger partial charge >= 0.3 is 0 Å². The average molecular weight is 639 g/mol. The second-order valence-corrected chi connectivity index (χ2v) is 12.8. The van der Waals surface area contributed by atoms with E-state index in [-0.39, 0.29) is 0 Å². The fourth-order valence-electron chi connectivity index (χ4n) is 7.75. The molecule has 4 aromatic heterocycles. The number of furan rings is 1. The second-order valence-electron chi connectivity index (χ2n) is 12.8. The van der Waals surface area contributed by atoms with E-state index in [4.69, 9.17) is 19.4 Å². The molecule has 0 aliphatic carbocycles. The monoisotopic (exact) mass is 638 g/mol. The maximum Gasteiger partial charge on any atom is 0.164 e. The fourth-order valence-corrected chi connectivity index (χ4v) is 7.75. The van der Waals surface area contributed by atoms with Crippen molar-refractivity contribution < 1.29 is 4.42 Å². The van der Waals surface area contributed by atoms with Crippen LogP contribution < -0.4 is 0 Å². The third-order valence-electron chi connectivity index (χ3n) is 9.95. The Morgan fingerprint density at radius 2 is 0.880 bits per heavy atom. The number of rotatable bonds is 4. The molecule has 0 amide bonds. The van der Waals surface area contributed by atoms with Crippen LogP contribution >= 0.6 is 0 Å². The molecule has 0 bridgehead atoms. The van der Waals surface area contributed by atoms with Gasteiger partial charge in [-0.1, -0.05) is 115 Å². The van der Waals surface area contributed by atoms with Crippen molar-refractivity contribution in [1.82, 2.24) is 19.4 Å². The van der Waals surface area contributed by atoms with Crippen LogP contribution in [0.25, 0.3) is 105 Å². The summed E-state index contributed by atoms with van der Waals surface area (Å²) in [5, 5.41) is 7.10. The van der Waals surface area contributed by atoms with Crippen LogP contribution in [0.15, 0.2) is 162 Å². The molecule has 7 aromatic carbocycles. The summed E-state index contributed by atoms with van der Waals surface area (Å²) in [4.78, 5) is 14.9. The minimum absolute atomic E-state index is 0.636. The third kappa shape index (κ3) is 3.92. The van der Waals surface area contributed by atoms with Crippen LogP contribution in [-0.4, -0.2) is 19.4 Å². The maximum absolute atomic E-state index is 6.44. The molecule has 4 heterocycles. The van der Waals surface area contributed by atoms with E-state index in [1.165, 1.54) is 32.6 Å². The SMILES string of the molecule is c1ccc(-c2nc(-c3ccccc3)nc(-c3cccc(-c4cc5c6cccc7oc8cccc(c8c76)n6c7ccccc7c(c4)c56)c3)n2)cc1. The summed E-state index contributed by atoms with van der Waals surface area (Å²) >= 11 is 0. The van der Waals surface area contributed by atoms with Gasteiger partial charge in [-0.15, -0.1) is 0 Å². The van der Waals surface area contributed by atoms with Crippen LogP contribution in [0, 0.1) is 0 Å². The summed E-state index contributed by atoms with van der Waals surface area (Å²) in [6.07, 6.45) is 0. The van der Waals surface area contributed by atoms with E-state index in [0.29, 0.717) is 17.5 Å². The Morgan fingerprint density at radius 1 is 0.360 bits per heavy atom. The van der Waals surface area contributed by atoms with Gasteiger partial charge < -0.3 is 8.82 Å². The first-order valence-corrected chi connectivity index (χ1v) is 16.8. The largest absolute Gasteiger partial charge is 0.456 e. The molecule has 0 aliphatic heterocycles. The van der Waals surface area contributed by atoms with Gasteiger partial charge in [0.15, 0.2) is 17.5 Å². The van der Waals surface area contributed by atoms with Gasteiger partial charge in [0.25, 0.3) is 0 Å². The van der Waals surface area contributed by atoms with Crippen LogP contribution in [0.4, 0.5) is 0 Å². The number of benzene rings is 7. The van der Waals surface area contributed by atoms with E-state index in [2.05, 4.69) is 101 Å². The number of para-hydroxylation sites is 1. The van der Waals surface area contributed by atoms with Gasteiger partial charge in [-0.25, -0.2) is 15.0 Å². The molecule has 0 aliphatic rings. The Morgan fingerprint density at radius 3 is 1.62 bits per heavy atom. The molecule has 50 heavy (non-hydrogen) atoms. The molecule has 5 nitrogen and oxygen atoms in total. The van der Waals surface area contributed by atoms with E-state index in [9.17, 15) is 0 Å². The van der Waals surface area contributed by atoms with Gasteiger partial charge in [0.2, 0.25) is 0 Å². The predicted molar refractivity (Wildman–Crippen MR) is 204 cm³/mol. The van der Waals surface area contributed by atoms with Crippen molar-refractivity contribution in [2.45, 2.75) is 0 Å². The minimum atomic E-state index is 0.636. The molecule has 5 heteroatoms. The molecule has 0 spiro atoms. The quantitative estimate of drug-likeness (QED) is 0.192. The van der Waals surface area contributed by atoms with E-state index >= 15 is 0 Å². The molecule has 0 unspecified atom stereocenters. The standard InChI is InChI=1S/C45H26N4O/c1-3-12-27(13-4-1)43-46-44(28-14-5-2-6-15-28)48-45(47-43)30-17-9-16-29(24-30)31-25-34-32-18-7-8-20-36(32)49-37-21-11-23-39-41(37)40-33(35(26-31)42(34)49)19-10-22-38(40)50-39/h1-26H. The van der Waals surface area contributed by atoms with Crippen molar-refractivity contribution in [2.24, 2.45) is 0 Å². The molecule has 0 fully saturated rings. The highest BCUT2D eigenvalue weighted by Crippen LogP contribution is 2.44. The highest BCUT2D eigenvalue weighted by molar-refractivity contribution is 6.30. The molecule has 0 radical (unpaired) electrons. The summed E-state index contributed by atoms with van der Waals surface area (Å²) in [5.41, 5.74) is 10.4. The lowest BCUT2D eigenvalue weighted by atomic mass is 9.96. The lowest BCUT2D eigenvalue weighted by Gasteiger charge is -2.10. The third-order valence-corrected chi connectivity index (χ3v) is 9.95. The lowest BCUT2D eigenvalue weighted by Crippen LogP contribution is -2.00. The normalized spacial score (nSPS) is 12.0.